The van der Waals surface area contributed by atoms with Crippen molar-refractivity contribution in [1.29, 1.82) is 0 Å². The molecule has 4 heteroatoms. The number of hydrogen-bond acceptors (Lipinski definition) is 4. The summed E-state index contributed by atoms with van der Waals surface area (Å²) in [6.07, 6.45) is 7.62. The van der Waals surface area contributed by atoms with Crippen LogP contribution in [0.3, 0.4) is 0 Å². The number of thiophene rings is 1. The molecule has 26 heavy (non-hydrogen) atoms. The van der Waals surface area contributed by atoms with Gasteiger partial charge in [-0.3, -0.25) is 9.59 Å². The number of ketones is 1. The number of hydrogen-bond donors (Lipinski definition) is 0. The van der Waals surface area contributed by atoms with Gasteiger partial charge in [-0.05, 0) is 74.7 Å². The summed E-state index contributed by atoms with van der Waals surface area (Å²) >= 11 is 1.88. The highest BCUT2D eigenvalue weighted by Gasteiger charge is 2.58. The number of carbonyl (C=O) groups excluding carboxylic acids is 2. The standard InChI is InChI=1S/C22H28O3S/c1-11-20-17(24)6-4-14-13-8-9-22(3)16(5-7-19(22)25-12(2)23)15(13)10-18(26-11)21(14)20/h13-16,19H,4-10H2,1-3H3. The fraction of sp³-hybridized carbons (Fsp3) is 0.727. The molecule has 4 aliphatic rings. The van der Waals surface area contributed by atoms with Crippen LogP contribution in [-0.2, 0) is 16.0 Å². The summed E-state index contributed by atoms with van der Waals surface area (Å²) in [5, 5.41) is 0. The first kappa shape index (κ1) is 17.0. The van der Waals surface area contributed by atoms with Crippen molar-refractivity contribution in [2.45, 2.75) is 77.7 Å². The second-order valence-electron chi connectivity index (χ2n) is 9.30. The lowest BCUT2D eigenvalue weighted by Crippen LogP contribution is -2.48. The molecule has 0 saturated heterocycles. The number of carbonyl (C=O) groups is 2. The van der Waals surface area contributed by atoms with Gasteiger partial charge in [-0.1, -0.05) is 6.92 Å². The van der Waals surface area contributed by atoms with E-state index in [1.165, 1.54) is 28.2 Å². The minimum Gasteiger partial charge on any atom is -0.462 e. The topological polar surface area (TPSA) is 43.4 Å². The number of Topliss-reactive ketones (excluding diaryl/α,β-unsaturated/α-hetero) is 1. The minimum atomic E-state index is -0.130. The highest BCUT2D eigenvalue weighted by Crippen LogP contribution is 2.63. The van der Waals surface area contributed by atoms with Crippen LogP contribution in [0.25, 0.3) is 0 Å². The van der Waals surface area contributed by atoms with Crippen molar-refractivity contribution >= 4 is 23.1 Å². The molecule has 140 valence electrons. The lowest BCUT2D eigenvalue weighted by Gasteiger charge is -2.52. The molecule has 0 amide bonds. The molecule has 0 N–H and O–H groups in total. The van der Waals surface area contributed by atoms with Crippen LogP contribution in [0.2, 0.25) is 0 Å². The summed E-state index contributed by atoms with van der Waals surface area (Å²) in [5.74, 6) is 2.92. The SMILES string of the molecule is CC(=O)OC1CCC2C3Cc4sc(C)c5c4C(CCC5=O)C3CCC12C. The molecule has 0 bridgehead atoms. The molecule has 0 spiro atoms. The zero-order chi connectivity index (χ0) is 18.2. The van der Waals surface area contributed by atoms with Gasteiger partial charge in [0, 0.05) is 34.1 Å². The molecule has 0 radical (unpaired) electrons. The van der Waals surface area contributed by atoms with E-state index in [1.807, 2.05) is 11.3 Å². The molecular weight excluding hydrogens is 344 g/mol. The number of fused-ring (bicyclic) bond motifs is 4. The van der Waals surface area contributed by atoms with Crippen LogP contribution < -0.4 is 0 Å². The highest BCUT2D eigenvalue weighted by molar-refractivity contribution is 7.12. The van der Waals surface area contributed by atoms with Gasteiger partial charge in [0.1, 0.15) is 6.10 Å². The Bertz CT molecular complexity index is 794. The Hall–Kier alpha value is -1.16. The van der Waals surface area contributed by atoms with Crippen LogP contribution >= 0.6 is 11.3 Å². The smallest absolute Gasteiger partial charge is 0.302 e. The lowest BCUT2D eigenvalue weighted by molar-refractivity contribution is -0.155. The van der Waals surface area contributed by atoms with E-state index in [9.17, 15) is 9.59 Å². The van der Waals surface area contributed by atoms with Crippen LogP contribution in [-0.4, -0.2) is 17.9 Å². The van der Waals surface area contributed by atoms with Gasteiger partial charge >= 0.3 is 5.97 Å². The van der Waals surface area contributed by atoms with Crippen LogP contribution in [0.1, 0.15) is 84.0 Å². The van der Waals surface area contributed by atoms with Crippen molar-refractivity contribution in [1.82, 2.24) is 0 Å². The maximum absolute atomic E-state index is 12.5. The number of esters is 1. The average Bonchev–Trinajstić information content (AvgIpc) is 3.08. The van der Waals surface area contributed by atoms with E-state index in [1.54, 1.807) is 6.92 Å². The van der Waals surface area contributed by atoms with E-state index in [2.05, 4.69) is 13.8 Å². The Balaban J connectivity index is 1.52. The zero-order valence-corrected chi connectivity index (χ0v) is 16.8. The largest absolute Gasteiger partial charge is 0.462 e. The molecule has 4 aliphatic carbocycles. The summed E-state index contributed by atoms with van der Waals surface area (Å²) in [4.78, 5) is 26.8. The van der Waals surface area contributed by atoms with Gasteiger partial charge < -0.3 is 4.74 Å². The van der Waals surface area contributed by atoms with Gasteiger partial charge in [0.25, 0.3) is 0 Å². The third-order valence-electron chi connectivity index (χ3n) is 8.18. The van der Waals surface area contributed by atoms with Crippen molar-refractivity contribution in [2.24, 2.45) is 23.2 Å². The number of ether oxygens (including phenoxy) is 1. The molecular formula is C22H28O3S. The van der Waals surface area contributed by atoms with E-state index in [-0.39, 0.29) is 17.5 Å². The highest BCUT2D eigenvalue weighted by atomic mass is 32.1. The number of rotatable bonds is 1. The van der Waals surface area contributed by atoms with Crippen LogP contribution in [0.4, 0.5) is 0 Å². The molecule has 5 rings (SSSR count). The van der Waals surface area contributed by atoms with Crippen molar-refractivity contribution < 1.29 is 14.3 Å². The fourth-order valence-electron chi connectivity index (χ4n) is 7.16. The normalized spacial score (nSPS) is 40.6. The van der Waals surface area contributed by atoms with E-state index < -0.39 is 0 Å². The molecule has 1 heterocycles. The van der Waals surface area contributed by atoms with Crippen molar-refractivity contribution in [2.75, 3.05) is 0 Å². The predicted octanol–water partition coefficient (Wildman–Crippen LogP) is 5.05. The van der Waals surface area contributed by atoms with Crippen LogP contribution in [0.15, 0.2) is 0 Å². The van der Waals surface area contributed by atoms with Gasteiger partial charge in [-0.2, -0.15) is 0 Å². The summed E-state index contributed by atoms with van der Waals surface area (Å²) in [5.41, 5.74) is 2.68. The van der Waals surface area contributed by atoms with Crippen LogP contribution in [0.5, 0.6) is 0 Å². The summed E-state index contributed by atoms with van der Waals surface area (Å²) < 4.78 is 5.75. The Morgan fingerprint density at radius 3 is 2.77 bits per heavy atom. The molecule has 6 atom stereocenters. The van der Waals surface area contributed by atoms with Gasteiger partial charge in [0.15, 0.2) is 5.78 Å². The van der Waals surface area contributed by atoms with Crippen molar-refractivity contribution in [3.63, 3.8) is 0 Å². The quantitative estimate of drug-likeness (QED) is 0.648. The maximum atomic E-state index is 12.5. The molecule has 3 nitrogen and oxygen atoms in total. The van der Waals surface area contributed by atoms with Crippen LogP contribution in [0, 0.1) is 30.1 Å². The first-order valence-corrected chi connectivity index (χ1v) is 11.0. The Morgan fingerprint density at radius 1 is 1.19 bits per heavy atom. The molecule has 2 fully saturated rings. The van der Waals surface area contributed by atoms with Gasteiger partial charge in [0.2, 0.25) is 0 Å². The third-order valence-corrected chi connectivity index (χ3v) is 9.33. The summed E-state index contributed by atoms with van der Waals surface area (Å²) in [6.45, 7) is 6.06. The van der Waals surface area contributed by atoms with Crippen molar-refractivity contribution in [3.8, 4) is 0 Å². The molecule has 1 aromatic heterocycles. The summed E-state index contributed by atoms with van der Waals surface area (Å²) in [6, 6.07) is 0. The van der Waals surface area contributed by atoms with Crippen molar-refractivity contribution in [3.05, 3.63) is 20.9 Å². The fourth-order valence-corrected chi connectivity index (χ4v) is 8.50. The third kappa shape index (κ3) is 2.17. The van der Waals surface area contributed by atoms with Gasteiger partial charge in [-0.15, -0.1) is 11.3 Å². The van der Waals surface area contributed by atoms with Gasteiger partial charge in [-0.25, -0.2) is 0 Å². The molecule has 6 unspecified atom stereocenters. The second kappa shape index (κ2) is 5.67. The number of aryl methyl sites for hydroxylation is 1. The molecule has 2 saturated carbocycles. The first-order valence-electron chi connectivity index (χ1n) is 10.2. The minimum absolute atomic E-state index is 0.0981. The molecule has 0 aliphatic heterocycles. The first-order chi connectivity index (χ1) is 12.4. The van der Waals surface area contributed by atoms with E-state index in [0.717, 1.165) is 43.6 Å². The molecule has 0 aromatic carbocycles. The van der Waals surface area contributed by atoms with E-state index >= 15 is 0 Å². The Morgan fingerprint density at radius 2 is 2.00 bits per heavy atom. The van der Waals surface area contributed by atoms with E-state index in [0.29, 0.717) is 23.5 Å². The predicted molar refractivity (Wildman–Crippen MR) is 102 cm³/mol. The monoisotopic (exact) mass is 372 g/mol. The molecule has 1 aromatic rings. The second-order valence-corrected chi connectivity index (χ2v) is 10.6. The Labute approximate surface area is 159 Å². The average molecular weight is 373 g/mol. The maximum Gasteiger partial charge on any atom is 0.302 e. The summed E-state index contributed by atoms with van der Waals surface area (Å²) in [7, 11) is 0. The lowest BCUT2D eigenvalue weighted by atomic mass is 9.52. The van der Waals surface area contributed by atoms with E-state index in [4.69, 9.17) is 4.74 Å². The Kier molecular flexibility index (Phi) is 3.70. The zero-order valence-electron chi connectivity index (χ0n) is 16.0. The van der Waals surface area contributed by atoms with Gasteiger partial charge in [0.05, 0.1) is 0 Å².